The zero-order valence-corrected chi connectivity index (χ0v) is 7.92. The first kappa shape index (κ1) is 8.85. The van der Waals surface area contributed by atoms with Gasteiger partial charge in [-0.25, -0.2) is 0 Å². The lowest BCUT2D eigenvalue weighted by Gasteiger charge is -2.06. The van der Waals surface area contributed by atoms with Gasteiger partial charge in [0.2, 0.25) is 0 Å². The van der Waals surface area contributed by atoms with Gasteiger partial charge in [0.1, 0.15) is 5.75 Å². The van der Waals surface area contributed by atoms with Crippen LogP contribution >= 0.6 is 11.6 Å². The first-order chi connectivity index (χ1) is 6.33. The van der Waals surface area contributed by atoms with Crippen molar-refractivity contribution in [3.05, 3.63) is 28.8 Å². The molecule has 0 saturated heterocycles. The van der Waals surface area contributed by atoms with Crippen LogP contribution in [-0.4, -0.2) is 18.3 Å². The second-order valence-electron chi connectivity index (χ2n) is 3.17. The van der Waals surface area contributed by atoms with Crippen LogP contribution in [0.5, 0.6) is 5.75 Å². The van der Waals surface area contributed by atoms with Crippen molar-refractivity contribution in [3.8, 4) is 5.75 Å². The summed E-state index contributed by atoms with van der Waals surface area (Å²) in [6.07, 6.45) is 0.719. The molecule has 0 aromatic heterocycles. The summed E-state index contributed by atoms with van der Waals surface area (Å²) in [7, 11) is 0. The zero-order valence-electron chi connectivity index (χ0n) is 7.16. The molecule has 2 nitrogen and oxygen atoms in total. The highest BCUT2D eigenvalue weighted by Crippen LogP contribution is 2.40. The van der Waals surface area contributed by atoms with Crippen LogP contribution in [0.25, 0.3) is 0 Å². The van der Waals surface area contributed by atoms with Crippen molar-refractivity contribution in [2.75, 3.05) is 13.2 Å². The van der Waals surface area contributed by atoms with Gasteiger partial charge in [-0.1, -0.05) is 17.7 Å². The van der Waals surface area contributed by atoms with Gasteiger partial charge in [0, 0.05) is 23.1 Å². The number of hydrogen-bond donors (Lipinski definition) is 1. The summed E-state index contributed by atoms with van der Waals surface area (Å²) >= 11 is 6.04. The minimum atomic E-state index is 0.179. The van der Waals surface area contributed by atoms with E-state index in [1.165, 1.54) is 0 Å². The monoisotopic (exact) mass is 198 g/mol. The average molecular weight is 199 g/mol. The molecule has 1 aliphatic heterocycles. The SMILES string of the molecule is OCCC1COc2cccc(Cl)c21. The number of ether oxygens (including phenoxy) is 1. The summed E-state index contributed by atoms with van der Waals surface area (Å²) in [6.45, 7) is 0.818. The number of aliphatic hydroxyl groups is 1. The summed E-state index contributed by atoms with van der Waals surface area (Å²) in [4.78, 5) is 0. The maximum atomic E-state index is 8.84. The highest BCUT2D eigenvalue weighted by molar-refractivity contribution is 6.31. The van der Waals surface area contributed by atoms with Gasteiger partial charge < -0.3 is 9.84 Å². The van der Waals surface area contributed by atoms with Crippen LogP contribution in [0.15, 0.2) is 18.2 Å². The normalized spacial score (nSPS) is 19.7. The molecule has 1 aliphatic rings. The van der Waals surface area contributed by atoms with Gasteiger partial charge in [-0.2, -0.15) is 0 Å². The van der Waals surface area contributed by atoms with Gasteiger partial charge in [-0.05, 0) is 18.6 Å². The third-order valence-electron chi connectivity index (χ3n) is 2.34. The molecule has 1 atom stereocenters. The molecule has 13 heavy (non-hydrogen) atoms. The maximum Gasteiger partial charge on any atom is 0.124 e. The molecule has 1 heterocycles. The molecule has 1 unspecified atom stereocenters. The van der Waals surface area contributed by atoms with Gasteiger partial charge in [0.15, 0.2) is 0 Å². The standard InChI is InChI=1S/C10H11ClO2/c11-8-2-1-3-9-10(8)7(4-5-12)6-13-9/h1-3,7,12H,4-6H2. The second-order valence-corrected chi connectivity index (χ2v) is 3.58. The fourth-order valence-corrected chi connectivity index (χ4v) is 2.02. The van der Waals surface area contributed by atoms with Gasteiger partial charge in [0.05, 0.1) is 6.61 Å². The van der Waals surface area contributed by atoms with Crippen LogP contribution in [0.2, 0.25) is 5.02 Å². The van der Waals surface area contributed by atoms with Crippen molar-refractivity contribution in [2.45, 2.75) is 12.3 Å². The molecule has 1 N–H and O–H groups in total. The summed E-state index contributed by atoms with van der Waals surface area (Å²) in [6, 6.07) is 5.65. The number of aliphatic hydroxyl groups excluding tert-OH is 1. The van der Waals surface area contributed by atoms with Gasteiger partial charge in [-0.3, -0.25) is 0 Å². The minimum Gasteiger partial charge on any atom is -0.493 e. The van der Waals surface area contributed by atoms with Crippen molar-refractivity contribution in [1.82, 2.24) is 0 Å². The highest BCUT2D eigenvalue weighted by Gasteiger charge is 2.25. The van der Waals surface area contributed by atoms with E-state index in [1.807, 2.05) is 18.2 Å². The Hall–Kier alpha value is -0.730. The maximum absolute atomic E-state index is 8.84. The molecule has 70 valence electrons. The molecule has 2 rings (SSSR count). The van der Waals surface area contributed by atoms with Crippen molar-refractivity contribution >= 4 is 11.6 Å². The third-order valence-corrected chi connectivity index (χ3v) is 2.67. The third kappa shape index (κ3) is 1.52. The minimum absolute atomic E-state index is 0.179. The van der Waals surface area contributed by atoms with Gasteiger partial charge in [-0.15, -0.1) is 0 Å². The largest absolute Gasteiger partial charge is 0.493 e. The molecule has 0 fully saturated rings. The number of benzene rings is 1. The summed E-state index contributed by atoms with van der Waals surface area (Å²) < 4.78 is 5.45. The van der Waals surface area contributed by atoms with E-state index in [2.05, 4.69) is 0 Å². The molecular formula is C10H11ClO2. The second kappa shape index (κ2) is 3.56. The molecule has 0 saturated carbocycles. The zero-order chi connectivity index (χ0) is 9.26. The van der Waals surface area contributed by atoms with Crippen molar-refractivity contribution < 1.29 is 9.84 Å². The van der Waals surface area contributed by atoms with E-state index in [4.69, 9.17) is 21.4 Å². The van der Waals surface area contributed by atoms with Crippen LogP contribution in [0, 0.1) is 0 Å². The summed E-state index contributed by atoms with van der Waals surface area (Å²) in [5.74, 6) is 1.12. The predicted octanol–water partition coefficient (Wildman–Crippen LogP) is 2.20. The van der Waals surface area contributed by atoms with Gasteiger partial charge in [0.25, 0.3) is 0 Å². The van der Waals surface area contributed by atoms with E-state index >= 15 is 0 Å². The lowest BCUT2D eigenvalue weighted by atomic mass is 9.98. The lowest BCUT2D eigenvalue weighted by Crippen LogP contribution is -2.02. The van der Waals surface area contributed by atoms with Crippen molar-refractivity contribution in [3.63, 3.8) is 0 Å². The Morgan fingerprint density at radius 1 is 1.54 bits per heavy atom. The van der Waals surface area contributed by atoms with Gasteiger partial charge >= 0.3 is 0 Å². The topological polar surface area (TPSA) is 29.5 Å². The molecule has 0 spiro atoms. The molecule has 1 aromatic rings. The first-order valence-electron chi connectivity index (χ1n) is 4.35. The lowest BCUT2D eigenvalue weighted by molar-refractivity contribution is 0.254. The van der Waals surface area contributed by atoms with E-state index < -0.39 is 0 Å². The predicted molar refractivity (Wildman–Crippen MR) is 51.4 cm³/mol. The number of fused-ring (bicyclic) bond motifs is 1. The smallest absolute Gasteiger partial charge is 0.124 e. The molecule has 0 amide bonds. The Morgan fingerprint density at radius 3 is 3.15 bits per heavy atom. The summed E-state index contributed by atoms with van der Waals surface area (Å²) in [5.41, 5.74) is 1.05. The average Bonchev–Trinajstić information content (AvgIpc) is 2.51. The van der Waals surface area contributed by atoms with Crippen LogP contribution in [0.4, 0.5) is 0 Å². The fraction of sp³-hybridized carbons (Fsp3) is 0.400. The number of halogens is 1. The summed E-state index contributed by atoms with van der Waals surface area (Å²) in [5, 5.41) is 9.59. The van der Waals surface area contributed by atoms with E-state index in [0.717, 1.165) is 22.8 Å². The van der Waals surface area contributed by atoms with Crippen molar-refractivity contribution in [2.24, 2.45) is 0 Å². The molecule has 3 heteroatoms. The first-order valence-corrected chi connectivity index (χ1v) is 4.73. The van der Waals surface area contributed by atoms with Crippen LogP contribution in [0.1, 0.15) is 17.9 Å². The Balaban J connectivity index is 2.34. The molecule has 0 aliphatic carbocycles. The highest BCUT2D eigenvalue weighted by atomic mass is 35.5. The molecule has 1 aromatic carbocycles. The van der Waals surface area contributed by atoms with Crippen molar-refractivity contribution in [1.29, 1.82) is 0 Å². The quantitative estimate of drug-likeness (QED) is 0.790. The van der Waals surface area contributed by atoms with E-state index in [1.54, 1.807) is 0 Å². The van der Waals surface area contributed by atoms with Crippen LogP contribution < -0.4 is 4.74 Å². The Labute approximate surface area is 82.1 Å². The van der Waals surface area contributed by atoms with E-state index in [-0.39, 0.29) is 12.5 Å². The number of rotatable bonds is 2. The Bertz CT molecular complexity index is 310. The van der Waals surface area contributed by atoms with E-state index in [0.29, 0.717) is 6.61 Å². The molecular weight excluding hydrogens is 188 g/mol. The Morgan fingerprint density at radius 2 is 2.38 bits per heavy atom. The Kier molecular flexibility index (Phi) is 2.42. The number of hydrogen-bond acceptors (Lipinski definition) is 2. The van der Waals surface area contributed by atoms with Crippen LogP contribution in [-0.2, 0) is 0 Å². The van der Waals surface area contributed by atoms with E-state index in [9.17, 15) is 0 Å². The molecule has 0 bridgehead atoms. The fourth-order valence-electron chi connectivity index (χ4n) is 1.70. The van der Waals surface area contributed by atoms with Crippen LogP contribution in [0.3, 0.4) is 0 Å². The molecule has 0 radical (unpaired) electrons.